The number of rotatable bonds is 0. The van der Waals surface area contributed by atoms with Crippen LogP contribution in [0, 0.1) is 0 Å². The van der Waals surface area contributed by atoms with Crippen molar-refractivity contribution in [1.82, 2.24) is 0 Å². The van der Waals surface area contributed by atoms with Crippen molar-refractivity contribution in [3.63, 3.8) is 0 Å². The van der Waals surface area contributed by atoms with Gasteiger partial charge in [0.15, 0.2) is 0 Å². The van der Waals surface area contributed by atoms with E-state index in [9.17, 15) is 4.57 Å². The molecule has 1 fully saturated rings. The molecule has 0 aromatic heterocycles. The Bertz CT molecular complexity index is 88.5. The Labute approximate surface area is 48.2 Å². The fourth-order valence-corrected chi connectivity index (χ4v) is 0.533. The van der Waals surface area contributed by atoms with Crippen LogP contribution in [-0.4, -0.2) is 6.41 Å². The smallest absolute Gasteiger partial charge is 0.275 e. The Balaban J connectivity index is 0.000000222. The molecule has 0 aromatic rings. The van der Waals surface area contributed by atoms with Gasteiger partial charge in [-0.2, -0.15) is 0 Å². The second kappa shape index (κ2) is 3.69. The summed E-state index contributed by atoms with van der Waals surface area (Å²) in [5, 5.41) is 0. The first-order chi connectivity index (χ1) is 3.79. The summed E-state index contributed by atoms with van der Waals surface area (Å²) in [5.41, 5.74) is 4.84. The molecule has 0 saturated carbocycles. The van der Waals surface area contributed by atoms with Gasteiger partial charge in [0.2, 0.25) is 0 Å². The van der Waals surface area contributed by atoms with Crippen molar-refractivity contribution in [2.24, 2.45) is 5.73 Å². The fraction of sp³-hybridized carbons (Fsp3) is 0.333. The van der Waals surface area contributed by atoms with E-state index in [1.54, 1.807) is 0 Å². The molecule has 0 unspecified atom stereocenters. The SMILES string of the molecule is C=C.NC1O[P+](=O)O1. The maximum atomic E-state index is 9.73. The molecule has 2 N–H and O–H groups in total. The lowest BCUT2D eigenvalue weighted by Gasteiger charge is -2.01. The molecule has 46 valence electrons. The molecular weight excluding hydrogens is 129 g/mol. The van der Waals surface area contributed by atoms with Gasteiger partial charge < -0.3 is 0 Å². The monoisotopic (exact) mass is 136 g/mol. The summed E-state index contributed by atoms with van der Waals surface area (Å²) >= 11 is 0. The molecule has 0 aliphatic carbocycles. The predicted octanol–water partition coefficient (Wildman–Crippen LogP) is 0.735. The standard InChI is InChI=1S/C2H4.CH3NO3P/c1-2;2-1-4-6(3)5-1/h1-2H2;1H,2H2/q;+1. The largest absolute Gasteiger partial charge is 0.706 e. The molecule has 1 saturated heterocycles. The topological polar surface area (TPSA) is 61.5 Å². The van der Waals surface area contributed by atoms with Crippen LogP contribution in [0.2, 0.25) is 0 Å². The Hall–Kier alpha value is -0.280. The Kier molecular flexibility index (Phi) is 3.56. The molecule has 8 heavy (non-hydrogen) atoms. The van der Waals surface area contributed by atoms with Gasteiger partial charge in [0.25, 0.3) is 0 Å². The third-order valence-electron chi connectivity index (χ3n) is 0.380. The second-order valence-electron chi connectivity index (χ2n) is 0.803. The van der Waals surface area contributed by atoms with E-state index < -0.39 is 14.7 Å². The highest BCUT2D eigenvalue weighted by molar-refractivity contribution is 7.34. The lowest BCUT2D eigenvalue weighted by molar-refractivity contribution is -0.0712. The molecule has 0 bridgehead atoms. The molecule has 0 atom stereocenters. The zero-order valence-corrected chi connectivity index (χ0v) is 5.14. The van der Waals surface area contributed by atoms with Gasteiger partial charge in [0, 0.05) is 4.57 Å². The van der Waals surface area contributed by atoms with Crippen molar-refractivity contribution in [2.45, 2.75) is 6.41 Å². The molecule has 1 rings (SSSR count). The summed E-state index contributed by atoms with van der Waals surface area (Å²) in [5.74, 6) is 0. The number of hydrogen-bond donors (Lipinski definition) is 1. The van der Waals surface area contributed by atoms with Crippen LogP contribution in [-0.2, 0) is 13.6 Å². The molecule has 4 nitrogen and oxygen atoms in total. The maximum absolute atomic E-state index is 9.73. The van der Waals surface area contributed by atoms with Gasteiger partial charge in [-0.15, -0.1) is 13.2 Å². The van der Waals surface area contributed by atoms with Gasteiger partial charge in [0.05, 0.1) is 0 Å². The van der Waals surface area contributed by atoms with Crippen LogP contribution in [0.15, 0.2) is 13.2 Å². The van der Waals surface area contributed by atoms with Crippen molar-refractivity contribution in [1.29, 1.82) is 0 Å². The summed E-state index contributed by atoms with van der Waals surface area (Å²) in [6.07, 6.45) is -0.742. The van der Waals surface area contributed by atoms with Gasteiger partial charge >= 0.3 is 14.7 Å². The highest BCUT2D eigenvalue weighted by atomic mass is 31.1. The van der Waals surface area contributed by atoms with Crippen molar-refractivity contribution >= 4 is 8.25 Å². The van der Waals surface area contributed by atoms with Crippen molar-refractivity contribution in [3.05, 3.63) is 13.2 Å². The lowest BCUT2D eigenvalue weighted by Crippen LogP contribution is -2.29. The van der Waals surface area contributed by atoms with E-state index in [1.807, 2.05) is 0 Å². The van der Waals surface area contributed by atoms with E-state index >= 15 is 0 Å². The molecule has 1 aliphatic rings. The third kappa shape index (κ3) is 2.14. The zero-order chi connectivity index (χ0) is 6.57. The predicted molar refractivity (Wildman–Crippen MR) is 29.0 cm³/mol. The van der Waals surface area contributed by atoms with E-state index in [4.69, 9.17) is 5.73 Å². The first-order valence-electron chi connectivity index (χ1n) is 1.85. The molecule has 5 heteroatoms. The van der Waals surface area contributed by atoms with Gasteiger partial charge in [-0.05, 0) is 0 Å². The van der Waals surface area contributed by atoms with E-state index in [1.165, 1.54) is 0 Å². The maximum Gasteiger partial charge on any atom is 0.706 e. The number of hydrogen-bond acceptors (Lipinski definition) is 4. The van der Waals surface area contributed by atoms with Gasteiger partial charge in [-0.3, -0.25) is 5.73 Å². The average molecular weight is 136 g/mol. The van der Waals surface area contributed by atoms with Crippen LogP contribution in [0.25, 0.3) is 0 Å². The van der Waals surface area contributed by atoms with Crippen LogP contribution >= 0.6 is 8.25 Å². The highest BCUT2D eigenvalue weighted by Gasteiger charge is 2.42. The minimum Gasteiger partial charge on any atom is -0.275 e. The van der Waals surface area contributed by atoms with Gasteiger partial charge in [-0.25, -0.2) is 0 Å². The second-order valence-corrected chi connectivity index (χ2v) is 1.67. The third-order valence-corrected chi connectivity index (χ3v) is 1.14. The molecule has 0 aromatic carbocycles. The van der Waals surface area contributed by atoms with Crippen LogP contribution in [0.5, 0.6) is 0 Å². The summed E-state index contributed by atoms with van der Waals surface area (Å²) < 4.78 is 18.1. The summed E-state index contributed by atoms with van der Waals surface area (Å²) in [6.45, 7) is 6.00. The molecule has 0 radical (unpaired) electrons. The minimum atomic E-state index is -1.83. The Morgan fingerprint density at radius 3 is 1.88 bits per heavy atom. The van der Waals surface area contributed by atoms with Crippen LogP contribution in [0.3, 0.4) is 0 Å². The van der Waals surface area contributed by atoms with Gasteiger partial charge in [-0.1, -0.05) is 9.05 Å². The van der Waals surface area contributed by atoms with Crippen molar-refractivity contribution in [3.8, 4) is 0 Å². The van der Waals surface area contributed by atoms with Crippen LogP contribution < -0.4 is 5.73 Å². The molecule has 1 aliphatic heterocycles. The quantitative estimate of drug-likeness (QED) is 0.394. The first kappa shape index (κ1) is 7.72. The van der Waals surface area contributed by atoms with Gasteiger partial charge in [0.1, 0.15) is 0 Å². The molecule has 0 spiro atoms. The first-order valence-corrected chi connectivity index (χ1v) is 2.95. The highest BCUT2D eigenvalue weighted by Crippen LogP contribution is 2.36. The Morgan fingerprint density at radius 1 is 1.50 bits per heavy atom. The van der Waals surface area contributed by atoms with Crippen molar-refractivity contribution < 1.29 is 13.6 Å². The summed E-state index contributed by atoms with van der Waals surface area (Å²) in [7, 11) is -1.83. The van der Waals surface area contributed by atoms with Crippen LogP contribution in [0.1, 0.15) is 0 Å². The van der Waals surface area contributed by atoms with Crippen LogP contribution in [0.4, 0.5) is 0 Å². The zero-order valence-electron chi connectivity index (χ0n) is 4.24. The molecule has 1 heterocycles. The number of nitrogens with two attached hydrogens (primary N) is 1. The summed E-state index contributed by atoms with van der Waals surface area (Å²) in [4.78, 5) is 0. The molecular formula is C3H7NO3P+. The normalized spacial score (nSPS) is 29.6. The molecule has 0 amide bonds. The summed E-state index contributed by atoms with van der Waals surface area (Å²) in [6, 6.07) is 0. The van der Waals surface area contributed by atoms with Crippen molar-refractivity contribution in [2.75, 3.05) is 0 Å². The minimum absolute atomic E-state index is 0.742. The average Bonchev–Trinajstić information content (AvgIpc) is 1.70. The van der Waals surface area contributed by atoms with E-state index in [-0.39, 0.29) is 0 Å². The van der Waals surface area contributed by atoms with E-state index in [0.29, 0.717) is 0 Å². The lowest BCUT2D eigenvalue weighted by atomic mass is 11.2. The Morgan fingerprint density at radius 2 is 1.88 bits per heavy atom. The fourth-order valence-electron chi connectivity index (χ4n) is 0.178. The van der Waals surface area contributed by atoms with E-state index in [0.717, 1.165) is 0 Å². The van der Waals surface area contributed by atoms with E-state index in [2.05, 4.69) is 22.2 Å².